The van der Waals surface area contributed by atoms with Crippen LogP contribution in [-0.4, -0.2) is 24.6 Å². The van der Waals surface area contributed by atoms with E-state index >= 15 is 0 Å². The van der Waals surface area contributed by atoms with Crippen molar-refractivity contribution < 1.29 is 19.1 Å². The molecule has 0 unspecified atom stereocenters. The molecule has 0 aromatic carbocycles. The van der Waals surface area contributed by atoms with Crippen molar-refractivity contribution >= 4 is 11.9 Å². The number of hydrogen-bond acceptors (Lipinski definition) is 4. The van der Waals surface area contributed by atoms with Gasteiger partial charge in [0.25, 0.3) is 0 Å². The van der Waals surface area contributed by atoms with Crippen molar-refractivity contribution in [2.75, 3.05) is 6.61 Å². The van der Waals surface area contributed by atoms with Gasteiger partial charge in [-0.25, -0.2) is 0 Å². The Hall–Kier alpha value is -1.06. The summed E-state index contributed by atoms with van der Waals surface area (Å²) in [4.78, 5) is 23.2. The van der Waals surface area contributed by atoms with Crippen LogP contribution in [0.3, 0.4) is 0 Å². The first-order valence-corrected chi connectivity index (χ1v) is 7.33. The number of carbonyl (C=O) groups excluding carboxylic acids is 2. The van der Waals surface area contributed by atoms with Crippen LogP contribution < -0.4 is 0 Å². The van der Waals surface area contributed by atoms with Crippen molar-refractivity contribution in [2.24, 2.45) is 11.8 Å². The largest absolute Gasteiger partial charge is 0.465 e. The first kappa shape index (κ1) is 17.9. The van der Waals surface area contributed by atoms with Crippen molar-refractivity contribution in [1.29, 1.82) is 0 Å². The van der Waals surface area contributed by atoms with Crippen molar-refractivity contribution in [3.05, 3.63) is 0 Å². The number of hydrogen-bond donors (Lipinski definition) is 0. The van der Waals surface area contributed by atoms with E-state index in [1.807, 2.05) is 34.6 Å². The third-order valence-electron chi connectivity index (χ3n) is 3.45. The number of esters is 2. The summed E-state index contributed by atoms with van der Waals surface area (Å²) in [6.45, 7) is 9.90. The molecule has 19 heavy (non-hydrogen) atoms. The molecule has 0 spiro atoms. The molecule has 0 bridgehead atoms. The van der Waals surface area contributed by atoms with E-state index in [1.54, 1.807) is 0 Å². The molecule has 0 aliphatic rings. The van der Waals surface area contributed by atoms with Crippen molar-refractivity contribution in [1.82, 2.24) is 0 Å². The van der Waals surface area contributed by atoms with Crippen LogP contribution in [0.25, 0.3) is 0 Å². The molecule has 0 aromatic rings. The lowest BCUT2D eigenvalue weighted by Crippen LogP contribution is -2.24. The normalized spacial score (nSPS) is 15.4. The molecule has 0 fully saturated rings. The fourth-order valence-corrected chi connectivity index (χ4v) is 1.39. The van der Waals surface area contributed by atoms with Gasteiger partial charge in [0, 0.05) is 6.42 Å². The Morgan fingerprint density at radius 2 is 1.42 bits per heavy atom. The molecule has 0 rings (SSSR count). The lowest BCUT2D eigenvalue weighted by molar-refractivity contribution is -0.156. The maximum absolute atomic E-state index is 11.7. The highest BCUT2D eigenvalue weighted by Gasteiger charge is 2.18. The second-order valence-electron chi connectivity index (χ2n) is 5.04. The Labute approximate surface area is 116 Å². The molecule has 0 saturated carbocycles. The van der Waals surface area contributed by atoms with Gasteiger partial charge >= 0.3 is 11.9 Å². The van der Waals surface area contributed by atoms with E-state index in [2.05, 4.69) is 0 Å². The van der Waals surface area contributed by atoms with Crippen LogP contribution in [0.15, 0.2) is 0 Å². The monoisotopic (exact) mass is 272 g/mol. The zero-order chi connectivity index (χ0) is 14.8. The van der Waals surface area contributed by atoms with Crippen LogP contribution in [0.1, 0.15) is 60.3 Å². The zero-order valence-corrected chi connectivity index (χ0v) is 12.9. The average Bonchev–Trinajstić information content (AvgIpc) is 2.43. The van der Waals surface area contributed by atoms with E-state index in [0.29, 0.717) is 13.0 Å². The maximum Gasteiger partial charge on any atom is 0.308 e. The quantitative estimate of drug-likeness (QED) is 0.604. The lowest BCUT2D eigenvalue weighted by atomic mass is 10.1. The summed E-state index contributed by atoms with van der Waals surface area (Å²) in [5, 5.41) is 0. The maximum atomic E-state index is 11.7. The Morgan fingerprint density at radius 3 is 1.89 bits per heavy atom. The van der Waals surface area contributed by atoms with Gasteiger partial charge in [0.15, 0.2) is 0 Å². The lowest BCUT2D eigenvalue weighted by Gasteiger charge is -2.18. The molecule has 0 amide bonds. The first-order chi connectivity index (χ1) is 8.96. The highest BCUT2D eigenvalue weighted by Crippen LogP contribution is 2.11. The van der Waals surface area contributed by atoms with Gasteiger partial charge in [-0.1, -0.05) is 34.6 Å². The second kappa shape index (κ2) is 9.82. The smallest absolute Gasteiger partial charge is 0.308 e. The average molecular weight is 272 g/mol. The minimum absolute atomic E-state index is 0.0669. The number of rotatable bonds is 9. The molecule has 0 heterocycles. The molecule has 0 aromatic heterocycles. The van der Waals surface area contributed by atoms with E-state index in [1.165, 1.54) is 0 Å². The molecule has 0 N–H and O–H groups in total. The molecule has 4 heteroatoms. The van der Waals surface area contributed by atoms with E-state index < -0.39 is 0 Å². The van der Waals surface area contributed by atoms with Crippen LogP contribution in [0.2, 0.25) is 0 Å². The minimum atomic E-state index is -0.175. The van der Waals surface area contributed by atoms with Crippen LogP contribution in [-0.2, 0) is 19.1 Å². The molecule has 112 valence electrons. The van der Waals surface area contributed by atoms with Gasteiger partial charge < -0.3 is 9.47 Å². The molecule has 0 radical (unpaired) electrons. The van der Waals surface area contributed by atoms with Gasteiger partial charge in [0.2, 0.25) is 0 Å². The van der Waals surface area contributed by atoms with E-state index in [4.69, 9.17) is 9.47 Å². The predicted molar refractivity (Wildman–Crippen MR) is 74.7 cm³/mol. The number of ether oxygens (including phenoxy) is 2. The Balaban J connectivity index is 4.01. The Kier molecular flexibility index (Phi) is 9.27. The fraction of sp³-hybridized carbons (Fsp3) is 0.867. The number of carbonyl (C=O) groups is 2. The van der Waals surface area contributed by atoms with Crippen LogP contribution in [0.5, 0.6) is 0 Å². The van der Waals surface area contributed by atoms with E-state index in [0.717, 1.165) is 19.3 Å². The van der Waals surface area contributed by atoms with Gasteiger partial charge in [0.05, 0.1) is 18.4 Å². The zero-order valence-electron chi connectivity index (χ0n) is 12.9. The van der Waals surface area contributed by atoms with Crippen molar-refractivity contribution in [3.8, 4) is 0 Å². The third kappa shape index (κ3) is 7.19. The molecular weight excluding hydrogens is 244 g/mol. The topological polar surface area (TPSA) is 52.6 Å². The van der Waals surface area contributed by atoms with Crippen LogP contribution in [0, 0.1) is 11.8 Å². The summed E-state index contributed by atoms with van der Waals surface area (Å²) in [7, 11) is 0. The van der Waals surface area contributed by atoms with Crippen molar-refractivity contribution in [3.63, 3.8) is 0 Å². The van der Waals surface area contributed by atoms with Gasteiger partial charge in [-0.2, -0.15) is 0 Å². The summed E-state index contributed by atoms with van der Waals surface area (Å²) < 4.78 is 10.6. The highest BCUT2D eigenvalue weighted by atomic mass is 16.6. The fourth-order valence-electron chi connectivity index (χ4n) is 1.39. The summed E-state index contributed by atoms with van der Waals surface area (Å²) in [5.74, 6) is -0.479. The standard InChI is InChI=1S/C15H28O4/c1-6-11(4)14(16)18-10-9-13(8-3)19-15(17)12(5)7-2/h11-13H,6-10H2,1-5H3/t11-,12+,13-/m1/s1. The van der Waals surface area contributed by atoms with Crippen molar-refractivity contribution in [2.45, 2.75) is 66.4 Å². The molecule has 0 saturated heterocycles. The summed E-state index contributed by atoms with van der Waals surface area (Å²) in [6, 6.07) is 0. The molecule has 0 aliphatic heterocycles. The Morgan fingerprint density at radius 1 is 0.895 bits per heavy atom. The SMILES string of the molecule is CC[C@H](CCOC(=O)[C@H](C)CC)OC(=O)[C@@H](C)CC. The van der Waals surface area contributed by atoms with Crippen LogP contribution >= 0.6 is 0 Å². The molecular formula is C15H28O4. The van der Waals surface area contributed by atoms with Gasteiger partial charge in [-0.15, -0.1) is 0 Å². The van der Waals surface area contributed by atoms with Gasteiger partial charge in [0.1, 0.15) is 6.10 Å². The van der Waals surface area contributed by atoms with Gasteiger partial charge in [-0.3, -0.25) is 9.59 Å². The Bertz CT molecular complexity index is 275. The second-order valence-corrected chi connectivity index (χ2v) is 5.04. The molecule has 3 atom stereocenters. The molecule has 0 aliphatic carbocycles. The van der Waals surface area contributed by atoms with E-state index in [9.17, 15) is 9.59 Å². The summed E-state index contributed by atoms with van der Waals surface area (Å²) in [6.07, 6.45) is 2.70. The van der Waals surface area contributed by atoms with Crippen LogP contribution in [0.4, 0.5) is 0 Å². The van der Waals surface area contributed by atoms with E-state index in [-0.39, 0.29) is 29.9 Å². The predicted octanol–water partition coefficient (Wildman–Crippen LogP) is 3.33. The summed E-state index contributed by atoms with van der Waals surface area (Å²) in [5.41, 5.74) is 0. The highest BCUT2D eigenvalue weighted by molar-refractivity contribution is 5.72. The third-order valence-corrected chi connectivity index (χ3v) is 3.45. The minimum Gasteiger partial charge on any atom is -0.465 e. The molecule has 4 nitrogen and oxygen atoms in total. The van der Waals surface area contributed by atoms with Gasteiger partial charge in [-0.05, 0) is 19.3 Å². The summed E-state index contributed by atoms with van der Waals surface area (Å²) >= 11 is 0. The first-order valence-electron chi connectivity index (χ1n) is 7.33.